The molecule has 0 saturated heterocycles. The van der Waals surface area contributed by atoms with E-state index in [1.807, 2.05) is 0 Å². The molecule has 0 aliphatic rings. The Morgan fingerprint density at radius 1 is 1.42 bits per heavy atom. The fourth-order valence-electron chi connectivity index (χ4n) is 0.632. The number of hydrogen-bond donors (Lipinski definition) is 4. The average molecular weight is 177 g/mol. The van der Waals surface area contributed by atoms with Crippen molar-refractivity contribution in [2.24, 2.45) is 17.2 Å². The summed E-state index contributed by atoms with van der Waals surface area (Å²) in [6, 6.07) is -0.716. The van der Waals surface area contributed by atoms with Gasteiger partial charge in [0.15, 0.2) is 0 Å². The van der Waals surface area contributed by atoms with E-state index in [-0.39, 0.29) is 0 Å². The summed E-state index contributed by atoms with van der Waals surface area (Å²) in [6.07, 6.45) is 2.16. The summed E-state index contributed by atoms with van der Waals surface area (Å²) in [6.45, 7) is 0.604. The monoisotopic (exact) mass is 177 g/mol. The van der Waals surface area contributed by atoms with Gasteiger partial charge in [-0.1, -0.05) is 6.42 Å². The van der Waals surface area contributed by atoms with E-state index in [0.717, 1.165) is 12.8 Å². The van der Waals surface area contributed by atoms with Crippen LogP contribution in [0.25, 0.3) is 0 Å². The highest BCUT2D eigenvalue weighted by atomic mass is 16.4. The van der Waals surface area contributed by atoms with Crippen LogP contribution in [0.4, 0.5) is 0 Å². The first-order valence-electron chi connectivity index (χ1n) is 3.94. The van der Waals surface area contributed by atoms with Crippen molar-refractivity contribution in [1.82, 2.24) is 0 Å². The molecule has 0 aromatic carbocycles. The Hall–Kier alpha value is -0.650. The van der Waals surface area contributed by atoms with Crippen molar-refractivity contribution in [2.45, 2.75) is 25.3 Å². The third kappa shape index (κ3) is 9.35. The van der Waals surface area contributed by atoms with Crippen LogP contribution in [-0.2, 0) is 4.79 Å². The Balaban J connectivity index is 0. The number of unbranched alkanes of at least 4 members (excludes halogenated alkanes) is 1. The number of carboxylic acids is 1. The summed E-state index contributed by atoms with van der Waals surface area (Å²) in [4.78, 5) is 10.1. The Labute approximate surface area is 72.9 Å². The lowest BCUT2D eigenvalue weighted by atomic mass is 10.1. The van der Waals surface area contributed by atoms with Gasteiger partial charge in [0.05, 0.1) is 0 Å². The van der Waals surface area contributed by atoms with E-state index in [9.17, 15) is 4.79 Å². The first-order valence-corrected chi connectivity index (χ1v) is 3.94. The largest absolute Gasteiger partial charge is 0.480 e. The number of carboxylic acid groups (broad SMARTS) is 1. The molecule has 74 valence electrons. The Morgan fingerprint density at radius 3 is 2.25 bits per heavy atom. The maximum Gasteiger partial charge on any atom is 0.320 e. The zero-order chi connectivity index (χ0) is 9.98. The highest BCUT2D eigenvalue weighted by Gasteiger charge is 2.09. The third-order valence-electron chi connectivity index (χ3n) is 1.29. The fraction of sp³-hybridized carbons (Fsp3) is 0.857. The average Bonchev–Trinajstić information content (AvgIpc) is 2.08. The zero-order valence-corrected chi connectivity index (χ0v) is 7.49. The van der Waals surface area contributed by atoms with Crippen molar-refractivity contribution in [3.8, 4) is 0 Å². The van der Waals surface area contributed by atoms with Crippen molar-refractivity contribution in [1.29, 1.82) is 0 Å². The lowest BCUT2D eigenvalue weighted by Crippen LogP contribution is -2.29. The second-order valence-electron chi connectivity index (χ2n) is 2.23. The van der Waals surface area contributed by atoms with Crippen LogP contribution in [0.2, 0.25) is 0 Å². The van der Waals surface area contributed by atoms with Gasteiger partial charge in [0.25, 0.3) is 0 Å². The molecule has 0 amide bonds. The van der Waals surface area contributed by atoms with Gasteiger partial charge in [-0.3, -0.25) is 4.79 Å². The lowest BCUT2D eigenvalue weighted by Gasteiger charge is -2.03. The molecule has 0 heterocycles. The van der Waals surface area contributed by atoms with E-state index < -0.39 is 12.0 Å². The molecule has 0 rings (SSSR count). The molecule has 0 bridgehead atoms. The van der Waals surface area contributed by atoms with Crippen LogP contribution in [0, 0.1) is 0 Å². The molecular formula is C7H19N3O2. The van der Waals surface area contributed by atoms with Crippen LogP contribution in [0.3, 0.4) is 0 Å². The normalized spacial score (nSPS) is 11.3. The number of nitrogens with two attached hydrogens (primary N) is 3. The molecule has 5 nitrogen and oxygen atoms in total. The topological polar surface area (TPSA) is 115 Å². The zero-order valence-electron chi connectivity index (χ0n) is 7.49. The summed E-state index contributed by atoms with van der Waals surface area (Å²) >= 11 is 0. The van der Waals surface area contributed by atoms with E-state index in [4.69, 9.17) is 16.6 Å². The van der Waals surface area contributed by atoms with Gasteiger partial charge in [0, 0.05) is 0 Å². The van der Waals surface area contributed by atoms with Gasteiger partial charge in [0.2, 0.25) is 0 Å². The van der Waals surface area contributed by atoms with Gasteiger partial charge >= 0.3 is 5.97 Å². The molecule has 0 saturated carbocycles. The molecule has 1 atom stereocenters. The third-order valence-corrected chi connectivity index (χ3v) is 1.29. The molecule has 0 spiro atoms. The minimum atomic E-state index is -0.933. The maximum atomic E-state index is 10.1. The van der Waals surface area contributed by atoms with E-state index in [1.54, 1.807) is 0 Å². The van der Waals surface area contributed by atoms with Crippen LogP contribution < -0.4 is 17.2 Å². The second-order valence-corrected chi connectivity index (χ2v) is 2.23. The van der Waals surface area contributed by atoms with Crippen LogP contribution in [0.5, 0.6) is 0 Å². The molecule has 0 radical (unpaired) electrons. The summed E-state index contributed by atoms with van der Waals surface area (Å²) in [5.74, 6) is -0.933. The molecule has 1 unspecified atom stereocenters. The molecule has 0 aliphatic carbocycles. The molecule has 5 heteroatoms. The molecular weight excluding hydrogens is 158 g/mol. The highest BCUT2D eigenvalue weighted by Crippen LogP contribution is 1.96. The molecule has 0 fully saturated rings. The summed E-state index contributed by atoms with van der Waals surface area (Å²) in [5.41, 5.74) is 14.9. The highest BCUT2D eigenvalue weighted by molar-refractivity contribution is 5.72. The van der Waals surface area contributed by atoms with Crippen molar-refractivity contribution >= 4 is 5.97 Å². The van der Waals surface area contributed by atoms with E-state index in [0.29, 0.717) is 13.0 Å². The van der Waals surface area contributed by atoms with Gasteiger partial charge in [-0.05, 0) is 26.4 Å². The van der Waals surface area contributed by atoms with Crippen LogP contribution in [0.1, 0.15) is 19.3 Å². The molecule has 7 N–H and O–H groups in total. The van der Waals surface area contributed by atoms with Gasteiger partial charge in [-0.15, -0.1) is 0 Å². The van der Waals surface area contributed by atoms with Gasteiger partial charge in [-0.2, -0.15) is 0 Å². The standard InChI is InChI=1S/C6H14N2O2.CH5N/c7-4-2-1-3-5(8)6(9)10;1-2/h5H,1-4,7-8H2,(H,9,10);2H2,1H3. The van der Waals surface area contributed by atoms with Gasteiger partial charge in [-0.25, -0.2) is 0 Å². The first-order chi connectivity index (χ1) is 5.68. The smallest absolute Gasteiger partial charge is 0.320 e. The maximum absolute atomic E-state index is 10.1. The lowest BCUT2D eigenvalue weighted by molar-refractivity contribution is -0.138. The van der Waals surface area contributed by atoms with E-state index >= 15 is 0 Å². The minimum Gasteiger partial charge on any atom is -0.480 e. The first kappa shape index (κ1) is 13.9. The number of carbonyl (C=O) groups is 1. The molecule has 0 aromatic heterocycles. The minimum absolute atomic E-state index is 0.520. The second kappa shape index (κ2) is 10.3. The van der Waals surface area contributed by atoms with Crippen molar-refractivity contribution in [3.05, 3.63) is 0 Å². The Morgan fingerprint density at radius 2 is 1.92 bits per heavy atom. The molecule has 0 aromatic rings. The van der Waals surface area contributed by atoms with E-state index in [1.165, 1.54) is 7.05 Å². The van der Waals surface area contributed by atoms with E-state index in [2.05, 4.69) is 5.73 Å². The number of rotatable bonds is 5. The quantitative estimate of drug-likeness (QED) is 0.406. The van der Waals surface area contributed by atoms with Crippen molar-refractivity contribution in [3.63, 3.8) is 0 Å². The fourth-order valence-corrected chi connectivity index (χ4v) is 0.632. The summed E-state index contributed by atoms with van der Waals surface area (Å²) in [5, 5.41) is 8.33. The Bertz CT molecular complexity index is 109. The molecule has 12 heavy (non-hydrogen) atoms. The predicted molar refractivity (Wildman–Crippen MR) is 48.6 cm³/mol. The number of hydrogen-bond acceptors (Lipinski definition) is 4. The van der Waals surface area contributed by atoms with Gasteiger partial charge < -0.3 is 22.3 Å². The summed E-state index contributed by atoms with van der Waals surface area (Å²) < 4.78 is 0. The predicted octanol–water partition coefficient (Wildman–Crippen LogP) is -0.898. The van der Waals surface area contributed by atoms with Crippen LogP contribution in [-0.4, -0.2) is 30.7 Å². The van der Waals surface area contributed by atoms with Gasteiger partial charge in [0.1, 0.15) is 6.04 Å². The SMILES string of the molecule is CN.NCCCCC(N)C(=O)O. The van der Waals surface area contributed by atoms with Crippen molar-refractivity contribution < 1.29 is 9.90 Å². The van der Waals surface area contributed by atoms with Crippen LogP contribution >= 0.6 is 0 Å². The Kier molecular flexibility index (Phi) is 12.0. The molecule has 0 aliphatic heterocycles. The number of aliphatic carboxylic acids is 1. The van der Waals surface area contributed by atoms with Crippen LogP contribution in [0.15, 0.2) is 0 Å². The van der Waals surface area contributed by atoms with Crippen molar-refractivity contribution in [2.75, 3.05) is 13.6 Å². The summed E-state index contributed by atoms with van der Waals surface area (Å²) in [7, 11) is 1.50.